The van der Waals surface area contributed by atoms with Crippen molar-refractivity contribution in [1.82, 2.24) is 0 Å². The Labute approximate surface area is 169 Å². The number of rotatable bonds is 5. The maximum atomic E-state index is 10.9. The Morgan fingerprint density at radius 3 is 1.46 bits per heavy atom. The largest absolute Gasteiger partial charge is 0.393 e. The fraction of sp³-hybridized carbons (Fsp3) is 0.333. The number of hydrogen-bond donors (Lipinski definition) is 1. The van der Waals surface area contributed by atoms with Crippen LogP contribution in [-0.2, 0) is 5.41 Å². The number of hydrogen-bond acceptors (Lipinski definition) is 1. The molecule has 4 rings (SSSR count). The fourth-order valence-corrected chi connectivity index (χ4v) is 5.44. The minimum atomic E-state index is -0.285. The Bertz CT molecular complexity index is 760. The van der Waals surface area contributed by atoms with E-state index in [4.69, 9.17) is 0 Å². The Hall–Kier alpha value is -2.38. The van der Waals surface area contributed by atoms with Gasteiger partial charge in [-0.2, -0.15) is 0 Å². The van der Waals surface area contributed by atoms with E-state index in [1.54, 1.807) is 0 Å². The molecule has 0 heterocycles. The summed E-state index contributed by atoms with van der Waals surface area (Å²) in [4.78, 5) is 0. The molecule has 1 fully saturated rings. The van der Waals surface area contributed by atoms with Gasteiger partial charge in [-0.15, -0.1) is 0 Å². The summed E-state index contributed by atoms with van der Waals surface area (Å²) in [5.41, 5.74) is 3.63. The van der Waals surface area contributed by atoms with E-state index in [9.17, 15) is 5.11 Å². The van der Waals surface area contributed by atoms with Crippen LogP contribution in [0, 0.1) is 11.8 Å². The predicted molar refractivity (Wildman–Crippen MR) is 116 cm³/mol. The van der Waals surface area contributed by atoms with Gasteiger partial charge in [0.25, 0.3) is 0 Å². The van der Waals surface area contributed by atoms with Crippen LogP contribution < -0.4 is 0 Å². The lowest BCUT2D eigenvalue weighted by Crippen LogP contribution is -2.44. The summed E-state index contributed by atoms with van der Waals surface area (Å²) < 4.78 is 0. The van der Waals surface area contributed by atoms with E-state index in [2.05, 4.69) is 97.9 Å². The molecule has 3 aromatic rings. The van der Waals surface area contributed by atoms with E-state index in [0.29, 0.717) is 0 Å². The molecule has 0 saturated heterocycles. The van der Waals surface area contributed by atoms with E-state index in [1.165, 1.54) is 23.1 Å². The molecule has 1 nitrogen and oxygen atoms in total. The van der Waals surface area contributed by atoms with Crippen molar-refractivity contribution < 1.29 is 5.11 Å². The highest BCUT2D eigenvalue weighted by Gasteiger charge is 2.46. The molecule has 3 unspecified atom stereocenters. The molecule has 1 N–H and O–H groups in total. The summed E-state index contributed by atoms with van der Waals surface area (Å²) in [6.07, 6.45) is 4.14. The predicted octanol–water partition coefficient (Wildman–Crippen LogP) is 6.21. The lowest BCUT2D eigenvalue weighted by molar-refractivity contribution is 0.0277. The van der Waals surface area contributed by atoms with Gasteiger partial charge in [-0.3, -0.25) is 0 Å². The minimum Gasteiger partial charge on any atom is -0.393 e. The number of aliphatic hydroxyl groups excluding tert-OH is 1. The van der Waals surface area contributed by atoms with Crippen LogP contribution in [0.5, 0.6) is 0 Å². The number of aliphatic hydroxyl groups is 1. The summed E-state index contributed by atoms with van der Waals surface area (Å²) in [6.45, 7) is 2.35. The van der Waals surface area contributed by atoms with E-state index in [-0.39, 0.29) is 23.4 Å². The zero-order valence-electron chi connectivity index (χ0n) is 16.7. The highest BCUT2D eigenvalue weighted by molar-refractivity contribution is 5.51. The van der Waals surface area contributed by atoms with Crippen molar-refractivity contribution in [1.29, 1.82) is 0 Å². The van der Waals surface area contributed by atoms with Gasteiger partial charge in [-0.1, -0.05) is 111 Å². The van der Waals surface area contributed by atoms with Crippen LogP contribution in [0.4, 0.5) is 0 Å². The topological polar surface area (TPSA) is 20.2 Å². The summed E-state index contributed by atoms with van der Waals surface area (Å²) in [5, 5.41) is 10.9. The smallest absolute Gasteiger partial charge is 0.0571 e. The van der Waals surface area contributed by atoms with Crippen LogP contribution in [0.2, 0.25) is 0 Å². The van der Waals surface area contributed by atoms with Crippen LogP contribution in [0.15, 0.2) is 91.0 Å². The quantitative estimate of drug-likeness (QED) is 0.530. The van der Waals surface area contributed by atoms with E-state index < -0.39 is 0 Å². The lowest BCUT2D eigenvalue weighted by atomic mass is 9.57. The molecular formula is C27H30O. The van der Waals surface area contributed by atoms with Crippen LogP contribution in [0.3, 0.4) is 0 Å². The molecule has 0 amide bonds. The van der Waals surface area contributed by atoms with Crippen LogP contribution in [0.1, 0.15) is 49.3 Å². The summed E-state index contributed by atoms with van der Waals surface area (Å²) in [7, 11) is 0. The normalized spacial score (nSPS) is 21.2. The molecule has 0 radical (unpaired) electrons. The van der Waals surface area contributed by atoms with Gasteiger partial charge in [0, 0.05) is 5.41 Å². The van der Waals surface area contributed by atoms with Crippen molar-refractivity contribution in [2.75, 3.05) is 0 Å². The second kappa shape index (κ2) is 8.32. The average Bonchev–Trinajstić information content (AvgIpc) is 2.77. The Kier molecular flexibility index (Phi) is 5.64. The van der Waals surface area contributed by atoms with Gasteiger partial charge in [0.1, 0.15) is 0 Å². The molecular weight excluding hydrogens is 340 g/mol. The second-order valence-corrected chi connectivity index (χ2v) is 8.21. The summed E-state index contributed by atoms with van der Waals surface area (Å²) in [5.74, 6) is 0.560. The molecule has 1 aliphatic rings. The highest BCUT2D eigenvalue weighted by Crippen LogP contribution is 2.50. The molecule has 0 aromatic heterocycles. The standard InChI is InChI=1S/C27H30O/c1-21(25-19-11-12-20-26(25)28)27(22-13-5-2-6-14-22,23-15-7-3-8-16-23)24-17-9-4-10-18-24/h2-10,13-18,21,25-26,28H,11-12,19-20H2,1H3. The van der Waals surface area contributed by atoms with E-state index in [0.717, 1.165) is 19.3 Å². The number of benzene rings is 3. The summed E-state index contributed by atoms with van der Waals surface area (Å²) in [6, 6.07) is 32.6. The second-order valence-electron chi connectivity index (χ2n) is 8.21. The first kappa shape index (κ1) is 19.0. The van der Waals surface area contributed by atoms with Crippen LogP contribution in [-0.4, -0.2) is 11.2 Å². The van der Waals surface area contributed by atoms with Crippen molar-refractivity contribution in [2.45, 2.75) is 44.1 Å². The monoisotopic (exact) mass is 370 g/mol. The first-order valence-electron chi connectivity index (χ1n) is 10.6. The maximum absolute atomic E-state index is 10.9. The SMILES string of the molecule is CC(C1CCCCC1O)C(c1ccccc1)(c1ccccc1)c1ccccc1. The van der Waals surface area contributed by atoms with Crippen molar-refractivity contribution >= 4 is 0 Å². The molecule has 3 atom stereocenters. The minimum absolute atomic E-state index is 0.223. The van der Waals surface area contributed by atoms with E-state index in [1.807, 2.05) is 0 Å². The molecule has 1 aliphatic carbocycles. The van der Waals surface area contributed by atoms with Gasteiger partial charge in [-0.25, -0.2) is 0 Å². The third-order valence-corrected chi connectivity index (χ3v) is 6.79. The third kappa shape index (κ3) is 3.29. The Morgan fingerprint density at radius 2 is 1.07 bits per heavy atom. The van der Waals surface area contributed by atoms with Crippen molar-refractivity contribution in [3.05, 3.63) is 108 Å². The van der Waals surface area contributed by atoms with E-state index >= 15 is 0 Å². The zero-order chi connectivity index (χ0) is 19.4. The average molecular weight is 371 g/mol. The Balaban J connectivity index is 1.98. The van der Waals surface area contributed by atoms with Crippen LogP contribution >= 0.6 is 0 Å². The Morgan fingerprint density at radius 1 is 0.679 bits per heavy atom. The van der Waals surface area contributed by atoms with Gasteiger partial charge >= 0.3 is 0 Å². The first-order chi connectivity index (χ1) is 13.7. The van der Waals surface area contributed by atoms with Gasteiger partial charge in [0.2, 0.25) is 0 Å². The fourth-order valence-electron chi connectivity index (χ4n) is 5.44. The van der Waals surface area contributed by atoms with Crippen molar-refractivity contribution in [3.63, 3.8) is 0 Å². The highest BCUT2D eigenvalue weighted by atomic mass is 16.3. The van der Waals surface area contributed by atoms with Crippen molar-refractivity contribution in [3.8, 4) is 0 Å². The van der Waals surface area contributed by atoms with Gasteiger partial charge in [0.05, 0.1) is 6.10 Å². The lowest BCUT2D eigenvalue weighted by Gasteiger charge is -2.47. The molecule has 144 valence electrons. The molecule has 28 heavy (non-hydrogen) atoms. The molecule has 3 aromatic carbocycles. The maximum Gasteiger partial charge on any atom is 0.0571 e. The van der Waals surface area contributed by atoms with Gasteiger partial charge in [0.15, 0.2) is 0 Å². The summed E-state index contributed by atoms with van der Waals surface area (Å²) >= 11 is 0. The van der Waals surface area contributed by atoms with Crippen molar-refractivity contribution in [2.24, 2.45) is 11.8 Å². The molecule has 0 bridgehead atoms. The molecule has 1 heteroatoms. The molecule has 1 saturated carbocycles. The molecule has 0 aliphatic heterocycles. The van der Waals surface area contributed by atoms with Crippen LogP contribution in [0.25, 0.3) is 0 Å². The zero-order valence-corrected chi connectivity index (χ0v) is 16.7. The van der Waals surface area contributed by atoms with Gasteiger partial charge in [-0.05, 0) is 41.4 Å². The van der Waals surface area contributed by atoms with Gasteiger partial charge < -0.3 is 5.11 Å². The first-order valence-corrected chi connectivity index (χ1v) is 10.6. The molecule has 0 spiro atoms. The third-order valence-electron chi connectivity index (χ3n) is 6.79.